The van der Waals surface area contributed by atoms with Crippen LogP contribution < -0.4 is 16.4 Å². The standard InChI is InChI=1S/C22H20FN3O2/c23-17-8-10-19(11-9-17)26-22(28)16-4-2-6-20(14-16)25-21(27)12-7-15-3-1-5-18(24)13-15/h1-6,8-11,13-14H,7,12,24H2,(H,25,27)(H,26,28). The maximum Gasteiger partial charge on any atom is 0.255 e. The number of halogens is 1. The van der Waals surface area contributed by atoms with Crippen LogP contribution in [0, 0.1) is 5.82 Å². The number of anilines is 3. The molecule has 2 amide bonds. The zero-order valence-corrected chi connectivity index (χ0v) is 15.1. The summed E-state index contributed by atoms with van der Waals surface area (Å²) in [6.45, 7) is 0. The summed E-state index contributed by atoms with van der Waals surface area (Å²) in [6.07, 6.45) is 0.872. The fourth-order valence-corrected chi connectivity index (χ4v) is 2.70. The number of carbonyl (C=O) groups excluding carboxylic acids is 2. The summed E-state index contributed by atoms with van der Waals surface area (Å²) in [5.74, 6) is -0.873. The summed E-state index contributed by atoms with van der Waals surface area (Å²) in [5, 5.41) is 5.48. The molecule has 0 aliphatic heterocycles. The van der Waals surface area contributed by atoms with Crippen LogP contribution >= 0.6 is 0 Å². The first-order valence-corrected chi connectivity index (χ1v) is 8.81. The monoisotopic (exact) mass is 377 g/mol. The van der Waals surface area contributed by atoms with Gasteiger partial charge in [-0.1, -0.05) is 18.2 Å². The van der Waals surface area contributed by atoms with Crippen molar-refractivity contribution < 1.29 is 14.0 Å². The first kappa shape index (κ1) is 19.1. The van der Waals surface area contributed by atoms with Gasteiger partial charge in [0, 0.05) is 29.0 Å². The number of nitrogen functional groups attached to an aromatic ring is 1. The molecule has 28 heavy (non-hydrogen) atoms. The zero-order valence-electron chi connectivity index (χ0n) is 15.1. The molecule has 142 valence electrons. The van der Waals surface area contributed by atoms with E-state index in [4.69, 9.17) is 5.73 Å². The fraction of sp³-hybridized carbons (Fsp3) is 0.0909. The molecule has 3 rings (SSSR count). The molecule has 0 atom stereocenters. The van der Waals surface area contributed by atoms with E-state index in [1.54, 1.807) is 30.3 Å². The van der Waals surface area contributed by atoms with Crippen molar-refractivity contribution in [2.24, 2.45) is 0 Å². The Balaban J connectivity index is 1.58. The summed E-state index contributed by atoms with van der Waals surface area (Å²) < 4.78 is 13.0. The number of aryl methyl sites for hydroxylation is 1. The molecule has 0 bridgehead atoms. The van der Waals surface area contributed by atoms with Gasteiger partial charge in [-0.25, -0.2) is 4.39 Å². The molecule has 0 saturated heterocycles. The second kappa shape index (κ2) is 8.81. The van der Waals surface area contributed by atoms with E-state index in [0.29, 0.717) is 35.5 Å². The zero-order chi connectivity index (χ0) is 19.9. The minimum Gasteiger partial charge on any atom is -0.399 e. The number of amides is 2. The van der Waals surface area contributed by atoms with E-state index < -0.39 is 0 Å². The van der Waals surface area contributed by atoms with E-state index >= 15 is 0 Å². The number of rotatable bonds is 6. The second-order valence-electron chi connectivity index (χ2n) is 6.34. The summed E-state index contributed by atoms with van der Waals surface area (Å²) in [7, 11) is 0. The van der Waals surface area contributed by atoms with Crippen LogP contribution in [-0.2, 0) is 11.2 Å². The minimum absolute atomic E-state index is 0.154. The van der Waals surface area contributed by atoms with Crippen molar-refractivity contribution in [3.05, 3.63) is 89.7 Å². The quantitative estimate of drug-likeness (QED) is 0.562. The molecule has 4 N–H and O–H groups in total. The third-order valence-corrected chi connectivity index (χ3v) is 4.10. The largest absolute Gasteiger partial charge is 0.399 e. The molecular weight excluding hydrogens is 357 g/mol. The molecular formula is C22H20FN3O2. The van der Waals surface area contributed by atoms with Crippen molar-refractivity contribution in [3.8, 4) is 0 Å². The van der Waals surface area contributed by atoms with Crippen LogP contribution in [-0.4, -0.2) is 11.8 Å². The van der Waals surface area contributed by atoms with Gasteiger partial charge in [0.25, 0.3) is 5.91 Å². The lowest BCUT2D eigenvalue weighted by atomic mass is 10.1. The third kappa shape index (κ3) is 5.41. The molecule has 0 heterocycles. The first-order chi connectivity index (χ1) is 13.5. The van der Waals surface area contributed by atoms with Gasteiger partial charge < -0.3 is 16.4 Å². The summed E-state index contributed by atoms with van der Waals surface area (Å²) >= 11 is 0. The van der Waals surface area contributed by atoms with E-state index in [2.05, 4.69) is 10.6 Å². The van der Waals surface area contributed by atoms with Crippen LogP contribution in [0.15, 0.2) is 72.8 Å². The van der Waals surface area contributed by atoms with Crippen LogP contribution in [0.4, 0.5) is 21.5 Å². The van der Waals surface area contributed by atoms with Crippen LogP contribution in [0.1, 0.15) is 22.3 Å². The molecule has 0 aliphatic carbocycles. The molecule has 0 saturated carbocycles. The molecule has 0 aromatic heterocycles. The highest BCUT2D eigenvalue weighted by Crippen LogP contribution is 2.15. The molecule has 0 aliphatic rings. The van der Waals surface area contributed by atoms with Gasteiger partial charge in [-0.15, -0.1) is 0 Å². The van der Waals surface area contributed by atoms with Gasteiger partial charge >= 0.3 is 0 Å². The second-order valence-corrected chi connectivity index (χ2v) is 6.34. The Morgan fingerprint density at radius 3 is 2.36 bits per heavy atom. The van der Waals surface area contributed by atoms with Crippen LogP contribution in [0.5, 0.6) is 0 Å². The summed E-state index contributed by atoms with van der Waals surface area (Å²) in [5.41, 5.74) is 8.80. The highest BCUT2D eigenvalue weighted by molar-refractivity contribution is 6.05. The molecule has 5 nitrogen and oxygen atoms in total. The predicted molar refractivity (Wildman–Crippen MR) is 109 cm³/mol. The predicted octanol–water partition coefficient (Wildman–Crippen LogP) is 4.23. The van der Waals surface area contributed by atoms with Gasteiger partial charge in [0.1, 0.15) is 5.82 Å². The highest BCUT2D eigenvalue weighted by Gasteiger charge is 2.09. The van der Waals surface area contributed by atoms with Crippen molar-refractivity contribution in [1.29, 1.82) is 0 Å². The Bertz CT molecular complexity index is 987. The first-order valence-electron chi connectivity index (χ1n) is 8.81. The SMILES string of the molecule is Nc1cccc(CCC(=O)Nc2cccc(C(=O)Nc3ccc(F)cc3)c2)c1. The maximum atomic E-state index is 13.0. The average molecular weight is 377 g/mol. The lowest BCUT2D eigenvalue weighted by molar-refractivity contribution is -0.116. The molecule has 0 radical (unpaired) electrons. The lowest BCUT2D eigenvalue weighted by Crippen LogP contribution is -2.15. The Labute approximate surface area is 162 Å². The molecule has 0 fully saturated rings. The summed E-state index contributed by atoms with van der Waals surface area (Å²) in [4.78, 5) is 24.5. The Hall–Kier alpha value is -3.67. The number of hydrogen-bond donors (Lipinski definition) is 3. The van der Waals surface area contributed by atoms with E-state index in [1.165, 1.54) is 24.3 Å². The van der Waals surface area contributed by atoms with Gasteiger partial charge in [0.05, 0.1) is 0 Å². The molecule has 6 heteroatoms. The average Bonchev–Trinajstić information content (AvgIpc) is 2.68. The van der Waals surface area contributed by atoms with Crippen LogP contribution in [0.25, 0.3) is 0 Å². The van der Waals surface area contributed by atoms with Crippen LogP contribution in [0.2, 0.25) is 0 Å². The van der Waals surface area contributed by atoms with Gasteiger partial charge in [-0.2, -0.15) is 0 Å². The molecule has 3 aromatic carbocycles. The van der Waals surface area contributed by atoms with Crippen molar-refractivity contribution in [2.75, 3.05) is 16.4 Å². The molecule has 3 aromatic rings. The van der Waals surface area contributed by atoms with Gasteiger partial charge in [0.2, 0.25) is 5.91 Å². The Morgan fingerprint density at radius 2 is 1.61 bits per heavy atom. The van der Waals surface area contributed by atoms with E-state index in [1.807, 2.05) is 18.2 Å². The van der Waals surface area contributed by atoms with E-state index in [-0.39, 0.29) is 17.6 Å². The maximum absolute atomic E-state index is 13.0. The Morgan fingerprint density at radius 1 is 0.857 bits per heavy atom. The number of carbonyl (C=O) groups is 2. The van der Waals surface area contributed by atoms with Gasteiger partial charge in [-0.3, -0.25) is 9.59 Å². The smallest absolute Gasteiger partial charge is 0.255 e. The lowest BCUT2D eigenvalue weighted by Gasteiger charge is -2.09. The topological polar surface area (TPSA) is 84.2 Å². The van der Waals surface area contributed by atoms with Crippen molar-refractivity contribution in [3.63, 3.8) is 0 Å². The van der Waals surface area contributed by atoms with Gasteiger partial charge in [0.15, 0.2) is 0 Å². The summed E-state index contributed by atoms with van der Waals surface area (Å²) in [6, 6.07) is 19.6. The normalized spacial score (nSPS) is 10.3. The number of benzene rings is 3. The highest BCUT2D eigenvalue weighted by atomic mass is 19.1. The van der Waals surface area contributed by atoms with Crippen molar-refractivity contribution in [2.45, 2.75) is 12.8 Å². The molecule has 0 unspecified atom stereocenters. The van der Waals surface area contributed by atoms with Crippen LogP contribution in [0.3, 0.4) is 0 Å². The third-order valence-electron chi connectivity index (χ3n) is 4.10. The number of nitrogens with one attached hydrogen (secondary N) is 2. The van der Waals surface area contributed by atoms with E-state index in [9.17, 15) is 14.0 Å². The Kier molecular flexibility index (Phi) is 6.01. The van der Waals surface area contributed by atoms with Crippen molar-refractivity contribution in [1.82, 2.24) is 0 Å². The molecule has 0 spiro atoms. The van der Waals surface area contributed by atoms with Gasteiger partial charge in [-0.05, 0) is 66.6 Å². The van der Waals surface area contributed by atoms with Crippen molar-refractivity contribution >= 4 is 28.9 Å². The number of hydrogen-bond acceptors (Lipinski definition) is 3. The minimum atomic E-state index is -0.374. The fourth-order valence-electron chi connectivity index (χ4n) is 2.70. The number of nitrogens with two attached hydrogens (primary N) is 1. The van der Waals surface area contributed by atoms with E-state index in [0.717, 1.165) is 5.56 Å².